The van der Waals surface area contributed by atoms with E-state index in [1.807, 2.05) is 19.3 Å². The van der Waals surface area contributed by atoms with Crippen molar-refractivity contribution in [3.8, 4) is 0 Å². The minimum absolute atomic E-state index is 0.815. The first-order chi connectivity index (χ1) is 9.38. The second-order valence-electron chi connectivity index (χ2n) is 4.55. The minimum Gasteiger partial charge on any atom is -0.346 e. The Morgan fingerprint density at radius 1 is 1.16 bits per heavy atom. The van der Waals surface area contributed by atoms with Crippen molar-refractivity contribution in [3.05, 3.63) is 59.7 Å². The highest BCUT2D eigenvalue weighted by atomic mass is 14.9. The van der Waals surface area contributed by atoms with Crippen LogP contribution in [0.1, 0.15) is 16.8 Å². The number of benzene rings is 1. The van der Waals surface area contributed by atoms with E-state index in [0.717, 1.165) is 29.7 Å². The second kappa shape index (κ2) is 5.20. The van der Waals surface area contributed by atoms with Crippen LogP contribution in [-0.2, 0) is 13.0 Å². The van der Waals surface area contributed by atoms with Gasteiger partial charge in [-0.1, -0.05) is 30.3 Å². The van der Waals surface area contributed by atoms with Gasteiger partial charge in [-0.2, -0.15) is 0 Å². The van der Waals surface area contributed by atoms with E-state index in [0.29, 0.717) is 0 Å². The molecule has 0 aliphatic carbocycles. The number of fused-ring (bicyclic) bond motifs is 1. The number of hydrogen-bond donors (Lipinski definition) is 2. The minimum atomic E-state index is 0.815. The lowest BCUT2D eigenvalue weighted by molar-refractivity contribution is 0.822. The van der Waals surface area contributed by atoms with Crippen LogP contribution in [0.4, 0.5) is 0 Å². The van der Waals surface area contributed by atoms with E-state index < -0.39 is 0 Å². The Morgan fingerprint density at radius 3 is 2.79 bits per heavy atom. The summed E-state index contributed by atoms with van der Waals surface area (Å²) in [4.78, 5) is 12.0. The monoisotopic (exact) mass is 252 g/mol. The maximum atomic E-state index is 4.46. The molecule has 0 radical (unpaired) electrons. The van der Waals surface area contributed by atoms with Gasteiger partial charge in [0.25, 0.3) is 0 Å². The van der Waals surface area contributed by atoms with E-state index >= 15 is 0 Å². The number of aromatic amines is 1. The van der Waals surface area contributed by atoms with Crippen molar-refractivity contribution in [2.24, 2.45) is 0 Å². The fourth-order valence-electron chi connectivity index (χ4n) is 2.35. The quantitative estimate of drug-likeness (QED) is 0.749. The SMILES string of the molecule is CNCc1c[nH]c2ncnc(Cc3ccccc3)c12. The van der Waals surface area contributed by atoms with E-state index in [1.165, 1.54) is 11.1 Å². The van der Waals surface area contributed by atoms with E-state index in [2.05, 4.69) is 44.5 Å². The second-order valence-corrected chi connectivity index (χ2v) is 4.55. The summed E-state index contributed by atoms with van der Waals surface area (Å²) in [5.41, 5.74) is 4.46. The van der Waals surface area contributed by atoms with E-state index in [-0.39, 0.29) is 0 Å². The number of hydrogen-bond acceptors (Lipinski definition) is 3. The summed E-state index contributed by atoms with van der Waals surface area (Å²) in [6.07, 6.45) is 4.46. The molecule has 19 heavy (non-hydrogen) atoms. The molecule has 0 aliphatic heterocycles. The van der Waals surface area contributed by atoms with Crippen LogP contribution in [-0.4, -0.2) is 22.0 Å². The Bertz CT molecular complexity index is 673. The lowest BCUT2D eigenvalue weighted by atomic mass is 10.1. The van der Waals surface area contributed by atoms with Crippen molar-refractivity contribution in [3.63, 3.8) is 0 Å². The molecule has 0 spiro atoms. The summed E-state index contributed by atoms with van der Waals surface area (Å²) in [7, 11) is 1.94. The van der Waals surface area contributed by atoms with Crippen LogP contribution in [0.5, 0.6) is 0 Å². The van der Waals surface area contributed by atoms with Crippen LogP contribution < -0.4 is 5.32 Å². The summed E-state index contributed by atoms with van der Waals surface area (Å²) in [6.45, 7) is 0.815. The predicted octanol–water partition coefficient (Wildman–Crippen LogP) is 2.27. The average molecular weight is 252 g/mol. The van der Waals surface area contributed by atoms with E-state index in [4.69, 9.17) is 0 Å². The first-order valence-electron chi connectivity index (χ1n) is 6.37. The standard InChI is InChI=1S/C15H16N4/c1-16-8-12-9-17-15-14(12)13(18-10-19-15)7-11-5-3-2-4-6-11/h2-6,9-10,16H,7-8H2,1H3,(H,17,18,19). The summed E-state index contributed by atoms with van der Waals surface area (Å²) in [6, 6.07) is 10.4. The first-order valence-corrected chi connectivity index (χ1v) is 6.37. The van der Waals surface area contributed by atoms with Gasteiger partial charge >= 0.3 is 0 Å². The molecule has 4 nitrogen and oxygen atoms in total. The zero-order chi connectivity index (χ0) is 13.1. The Labute approximate surface area is 111 Å². The molecule has 3 aromatic rings. The van der Waals surface area contributed by atoms with Crippen LogP contribution in [0.2, 0.25) is 0 Å². The Balaban J connectivity index is 2.05. The van der Waals surface area contributed by atoms with Crippen LogP contribution in [0.25, 0.3) is 11.0 Å². The molecule has 1 aromatic carbocycles. The Kier molecular flexibility index (Phi) is 3.25. The highest BCUT2D eigenvalue weighted by Gasteiger charge is 2.10. The molecule has 0 saturated heterocycles. The number of nitrogens with zero attached hydrogens (tertiary/aromatic N) is 2. The lowest BCUT2D eigenvalue weighted by Gasteiger charge is -2.05. The van der Waals surface area contributed by atoms with Crippen molar-refractivity contribution in [1.82, 2.24) is 20.3 Å². The highest BCUT2D eigenvalue weighted by molar-refractivity contribution is 5.82. The lowest BCUT2D eigenvalue weighted by Crippen LogP contribution is -2.05. The zero-order valence-electron chi connectivity index (χ0n) is 10.9. The summed E-state index contributed by atoms with van der Waals surface area (Å²) in [5.74, 6) is 0. The molecule has 4 heteroatoms. The molecular formula is C15H16N4. The average Bonchev–Trinajstić information content (AvgIpc) is 2.85. The highest BCUT2D eigenvalue weighted by Crippen LogP contribution is 2.21. The van der Waals surface area contributed by atoms with Crippen LogP contribution in [0.15, 0.2) is 42.9 Å². The fourth-order valence-corrected chi connectivity index (χ4v) is 2.35. The number of rotatable bonds is 4. The number of nitrogens with one attached hydrogen (secondary N) is 2. The fraction of sp³-hybridized carbons (Fsp3) is 0.200. The first kappa shape index (κ1) is 11.9. The third kappa shape index (κ3) is 2.35. The molecule has 0 amide bonds. The van der Waals surface area contributed by atoms with Gasteiger partial charge < -0.3 is 10.3 Å². The molecular weight excluding hydrogens is 236 g/mol. The van der Waals surface area contributed by atoms with Crippen molar-refractivity contribution >= 4 is 11.0 Å². The maximum Gasteiger partial charge on any atom is 0.141 e. The van der Waals surface area contributed by atoms with Gasteiger partial charge in [0.2, 0.25) is 0 Å². The van der Waals surface area contributed by atoms with Gasteiger partial charge in [-0.15, -0.1) is 0 Å². The van der Waals surface area contributed by atoms with Gasteiger partial charge in [-0.25, -0.2) is 9.97 Å². The van der Waals surface area contributed by atoms with Crippen LogP contribution >= 0.6 is 0 Å². The van der Waals surface area contributed by atoms with Gasteiger partial charge in [-0.3, -0.25) is 0 Å². The summed E-state index contributed by atoms with van der Waals surface area (Å²) in [5, 5.41) is 4.32. The molecule has 0 saturated carbocycles. The summed E-state index contributed by atoms with van der Waals surface area (Å²) >= 11 is 0. The molecule has 0 unspecified atom stereocenters. The van der Waals surface area contributed by atoms with Crippen LogP contribution in [0.3, 0.4) is 0 Å². The smallest absolute Gasteiger partial charge is 0.141 e. The van der Waals surface area contributed by atoms with Gasteiger partial charge in [-0.05, 0) is 18.2 Å². The van der Waals surface area contributed by atoms with Gasteiger partial charge in [0, 0.05) is 24.5 Å². The molecule has 96 valence electrons. The van der Waals surface area contributed by atoms with Crippen molar-refractivity contribution in [2.45, 2.75) is 13.0 Å². The van der Waals surface area contributed by atoms with Crippen molar-refractivity contribution < 1.29 is 0 Å². The molecule has 0 atom stereocenters. The molecule has 0 fully saturated rings. The number of aromatic nitrogens is 3. The van der Waals surface area contributed by atoms with Gasteiger partial charge in [0.15, 0.2) is 0 Å². The Hall–Kier alpha value is -2.20. The van der Waals surface area contributed by atoms with Crippen molar-refractivity contribution in [1.29, 1.82) is 0 Å². The number of H-pyrrole nitrogens is 1. The molecule has 2 aromatic heterocycles. The van der Waals surface area contributed by atoms with Crippen molar-refractivity contribution in [2.75, 3.05) is 7.05 Å². The van der Waals surface area contributed by atoms with E-state index in [1.54, 1.807) is 6.33 Å². The topological polar surface area (TPSA) is 53.6 Å². The zero-order valence-corrected chi connectivity index (χ0v) is 10.9. The van der Waals surface area contributed by atoms with Gasteiger partial charge in [0.1, 0.15) is 12.0 Å². The normalized spacial score (nSPS) is 11.0. The summed E-state index contributed by atoms with van der Waals surface area (Å²) < 4.78 is 0. The molecule has 0 bridgehead atoms. The largest absolute Gasteiger partial charge is 0.346 e. The molecule has 2 N–H and O–H groups in total. The van der Waals surface area contributed by atoms with Gasteiger partial charge in [0.05, 0.1) is 5.69 Å². The Morgan fingerprint density at radius 2 is 2.00 bits per heavy atom. The predicted molar refractivity (Wildman–Crippen MR) is 75.9 cm³/mol. The molecule has 2 heterocycles. The van der Waals surface area contributed by atoms with E-state index in [9.17, 15) is 0 Å². The van der Waals surface area contributed by atoms with Crippen LogP contribution in [0, 0.1) is 0 Å². The third-order valence-corrected chi connectivity index (χ3v) is 3.21. The molecule has 3 rings (SSSR count). The maximum absolute atomic E-state index is 4.46. The third-order valence-electron chi connectivity index (χ3n) is 3.21. The molecule has 0 aliphatic rings.